The van der Waals surface area contributed by atoms with Crippen LogP contribution in [0.25, 0.3) is 11.3 Å². The van der Waals surface area contributed by atoms with E-state index in [1.807, 2.05) is 30.3 Å². The average molecular weight is 359 g/mol. The molecule has 1 heterocycles. The van der Waals surface area contributed by atoms with Gasteiger partial charge < -0.3 is 9.72 Å². The number of carbonyl (C=O) groups is 1. The van der Waals surface area contributed by atoms with Gasteiger partial charge in [-0.1, -0.05) is 48.5 Å². The van der Waals surface area contributed by atoms with Crippen LogP contribution in [0.3, 0.4) is 0 Å². The van der Waals surface area contributed by atoms with Crippen LogP contribution in [0, 0.1) is 6.92 Å². The zero-order valence-corrected chi connectivity index (χ0v) is 13.9. The zero-order valence-electron chi connectivity index (χ0n) is 13.9. The maximum absolute atomic E-state index is 13.2. The quantitative estimate of drug-likeness (QED) is 0.637. The number of H-pyrrole nitrogens is 1. The molecule has 3 aromatic rings. The molecular weight excluding hydrogens is 343 g/mol. The summed E-state index contributed by atoms with van der Waals surface area (Å²) >= 11 is 0. The van der Waals surface area contributed by atoms with Crippen LogP contribution in [-0.2, 0) is 17.5 Å². The van der Waals surface area contributed by atoms with E-state index < -0.39 is 17.7 Å². The van der Waals surface area contributed by atoms with Crippen molar-refractivity contribution in [1.29, 1.82) is 0 Å². The molecular formula is C20H16F3NO2. The summed E-state index contributed by atoms with van der Waals surface area (Å²) in [5, 5.41) is 0. The molecule has 1 N–H and O–H groups in total. The van der Waals surface area contributed by atoms with Crippen molar-refractivity contribution in [3.8, 4) is 11.3 Å². The Morgan fingerprint density at radius 2 is 1.69 bits per heavy atom. The van der Waals surface area contributed by atoms with Gasteiger partial charge in [-0.2, -0.15) is 13.2 Å². The zero-order chi connectivity index (χ0) is 18.7. The number of aromatic nitrogens is 1. The van der Waals surface area contributed by atoms with Crippen LogP contribution in [0.5, 0.6) is 0 Å². The van der Waals surface area contributed by atoms with Crippen LogP contribution >= 0.6 is 0 Å². The van der Waals surface area contributed by atoms with Gasteiger partial charge in [0, 0.05) is 11.3 Å². The maximum Gasteiger partial charge on any atom is 0.417 e. The molecule has 0 spiro atoms. The minimum Gasteiger partial charge on any atom is -0.456 e. The first-order valence-electron chi connectivity index (χ1n) is 7.93. The van der Waals surface area contributed by atoms with Crippen molar-refractivity contribution in [3.63, 3.8) is 0 Å². The van der Waals surface area contributed by atoms with Crippen molar-refractivity contribution in [1.82, 2.24) is 4.98 Å². The molecule has 26 heavy (non-hydrogen) atoms. The summed E-state index contributed by atoms with van der Waals surface area (Å²) in [6.45, 7) is 1.74. The van der Waals surface area contributed by atoms with Crippen molar-refractivity contribution >= 4 is 5.97 Å². The Morgan fingerprint density at radius 1 is 1.04 bits per heavy atom. The lowest BCUT2D eigenvalue weighted by molar-refractivity contribution is -0.137. The highest BCUT2D eigenvalue weighted by molar-refractivity contribution is 5.89. The third-order valence-electron chi connectivity index (χ3n) is 3.95. The Hall–Kier alpha value is -3.02. The fourth-order valence-electron chi connectivity index (χ4n) is 2.70. The van der Waals surface area contributed by atoms with Gasteiger partial charge in [0.15, 0.2) is 0 Å². The van der Waals surface area contributed by atoms with E-state index in [2.05, 4.69) is 4.98 Å². The van der Waals surface area contributed by atoms with E-state index in [0.29, 0.717) is 5.56 Å². The molecule has 6 heteroatoms. The van der Waals surface area contributed by atoms with Gasteiger partial charge in [-0.25, -0.2) is 4.79 Å². The number of carbonyl (C=O) groups excluding carboxylic acids is 1. The Morgan fingerprint density at radius 3 is 2.38 bits per heavy atom. The largest absolute Gasteiger partial charge is 0.456 e. The van der Waals surface area contributed by atoms with Crippen molar-refractivity contribution in [2.24, 2.45) is 0 Å². The Bertz CT molecular complexity index is 914. The number of hydrogen-bond donors (Lipinski definition) is 1. The van der Waals surface area contributed by atoms with Gasteiger partial charge in [-0.05, 0) is 30.2 Å². The molecule has 0 unspecified atom stereocenters. The third kappa shape index (κ3) is 3.79. The Kier molecular flexibility index (Phi) is 4.84. The number of aryl methyl sites for hydroxylation is 1. The minimum absolute atomic E-state index is 0.000362. The number of nitrogens with one attached hydrogen (secondary N) is 1. The summed E-state index contributed by atoms with van der Waals surface area (Å²) < 4.78 is 44.9. The lowest BCUT2D eigenvalue weighted by Crippen LogP contribution is -2.08. The van der Waals surface area contributed by atoms with Crippen LogP contribution in [0.1, 0.15) is 27.2 Å². The number of ether oxygens (including phenoxy) is 1. The van der Waals surface area contributed by atoms with E-state index in [-0.39, 0.29) is 23.6 Å². The topological polar surface area (TPSA) is 42.1 Å². The number of rotatable bonds is 4. The molecule has 0 atom stereocenters. The van der Waals surface area contributed by atoms with Crippen LogP contribution in [0.15, 0.2) is 60.7 Å². The molecule has 0 saturated carbocycles. The Balaban J connectivity index is 1.85. The summed E-state index contributed by atoms with van der Waals surface area (Å²) in [6, 6.07) is 15.9. The van der Waals surface area contributed by atoms with Gasteiger partial charge in [0.2, 0.25) is 0 Å². The maximum atomic E-state index is 13.2. The van der Waals surface area contributed by atoms with Crippen LogP contribution in [0.4, 0.5) is 13.2 Å². The smallest absolute Gasteiger partial charge is 0.417 e. The lowest BCUT2D eigenvalue weighted by atomic mass is 10.0. The second-order valence-electron chi connectivity index (χ2n) is 5.85. The summed E-state index contributed by atoms with van der Waals surface area (Å²) in [5.74, 6) is -0.618. The summed E-state index contributed by atoms with van der Waals surface area (Å²) in [6.07, 6.45) is -4.48. The number of benzene rings is 2. The number of halogens is 3. The van der Waals surface area contributed by atoms with Gasteiger partial charge >= 0.3 is 12.1 Å². The molecule has 0 fully saturated rings. The molecule has 1 aromatic heterocycles. The average Bonchev–Trinajstić information content (AvgIpc) is 3.01. The monoisotopic (exact) mass is 359 g/mol. The van der Waals surface area contributed by atoms with Gasteiger partial charge in [-0.15, -0.1) is 0 Å². The number of esters is 1. The molecule has 0 amide bonds. The fourth-order valence-corrected chi connectivity index (χ4v) is 2.70. The highest BCUT2D eigenvalue weighted by Gasteiger charge is 2.34. The van der Waals surface area contributed by atoms with Crippen molar-refractivity contribution in [3.05, 3.63) is 83.0 Å². The van der Waals surface area contributed by atoms with Gasteiger partial charge in [0.25, 0.3) is 0 Å². The van der Waals surface area contributed by atoms with E-state index in [9.17, 15) is 18.0 Å². The van der Waals surface area contributed by atoms with Gasteiger partial charge in [-0.3, -0.25) is 0 Å². The summed E-state index contributed by atoms with van der Waals surface area (Å²) in [5.41, 5.74) is 0.976. The molecule has 0 bridgehead atoms. The van der Waals surface area contributed by atoms with E-state index in [1.54, 1.807) is 6.92 Å². The highest BCUT2D eigenvalue weighted by Crippen LogP contribution is 2.37. The van der Waals surface area contributed by atoms with E-state index in [1.165, 1.54) is 24.3 Å². The molecule has 2 aromatic carbocycles. The molecule has 134 valence electrons. The number of aromatic amines is 1. The lowest BCUT2D eigenvalue weighted by Gasteiger charge is -2.12. The highest BCUT2D eigenvalue weighted by atomic mass is 19.4. The third-order valence-corrected chi connectivity index (χ3v) is 3.95. The number of alkyl halides is 3. The van der Waals surface area contributed by atoms with Crippen LogP contribution in [0.2, 0.25) is 0 Å². The van der Waals surface area contributed by atoms with Crippen molar-refractivity contribution in [2.45, 2.75) is 19.7 Å². The Labute approximate surface area is 148 Å². The first kappa shape index (κ1) is 17.8. The predicted molar refractivity (Wildman–Crippen MR) is 91.5 cm³/mol. The fraction of sp³-hybridized carbons (Fsp3) is 0.150. The van der Waals surface area contributed by atoms with E-state index in [0.717, 1.165) is 11.6 Å². The minimum atomic E-state index is -4.48. The molecule has 3 rings (SSSR count). The standard InChI is InChI=1S/C20H16F3NO2/c1-13-11-17(19(25)26-12-14-7-3-2-4-8-14)24-18(13)15-9-5-6-10-16(15)20(21,22)23/h2-11,24H,12H2,1H3. The number of hydrogen-bond acceptors (Lipinski definition) is 2. The molecule has 0 aliphatic rings. The SMILES string of the molecule is Cc1cc(C(=O)OCc2ccccc2)[nH]c1-c1ccccc1C(F)(F)F. The van der Waals surface area contributed by atoms with Gasteiger partial charge in [0.05, 0.1) is 5.56 Å². The first-order valence-corrected chi connectivity index (χ1v) is 7.93. The van der Waals surface area contributed by atoms with E-state index in [4.69, 9.17) is 4.74 Å². The molecule has 0 aliphatic heterocycles. The second kappa shape index (κ2) is 7.07. The summed E-state index contributed by atoms with van der Waals surface area (Å²) in [7, 11) is 0. The predicted octanol–water partition coefficient (Wildman–Crippen LogP) is 5.37. The van der Waals surface area contributed by atoms with Crippen LogP contribution in [-0.4, -0.2) is 11.0 Å². The van der Waals surface area contributed by atoms with E-state index >= 15 is 0 Å². The van der Waals surface area contributed by atoms with Crippen molar-refractivity contribution in [2.75, 3.05) is 0 Å². The van der Waals surface area contributed by atoms with Crippen molar-refractivity contribution < 1.29 is 22.7 Å². The second-order valence-corrected chi connectivity index (χ2v) is 5.85. The summed E-state index contributed by atoms with van der Waals surface area (Å²) in [4.78, 5) is 15.0. The molecule has 0 aliphatic carbocycles. The molecule has 3 nitrogen and oxygen atoms in total. The van der Waals surface area contributed by atoms with Gasteiger partial charge in [0.1, 0.15) is 12.3 Å². The molecule has 0 saturated heterocycles. The molecule has 0 radical (unpaired) electrons. The first-order chi connectivity index (χ1) is 12.4. The van der Waals surface area contributed by atoms with Crippen LogP contribution < -0.4 is 0 Å². The normalized spacial score (nSPS) is 11.4.